The van der Waals surface area contributed by atoms with Crippen LogP contribution in [0, 0.1) is 5.92 Å². The van der Waals surface area contributed by atoms with Crippen LogP contribution in [-0.4, -0.2) is 30.1 Å². The van der Waals surface area contributed by atoms with Gasteiger partial charge in [0.05, 0.1) is 6.42 Å². The summed E-state index contributed by atoms with van der Waals surface area (Å²) in [6, 6.07) is 8.76. The molecule has 3 nitrogen and oxygen atoms in total. The molecule has 0 heterocycles. The van der Waals surface area contributed by atoms with Crippen molar-refractivity contribution in [3.8, 4) is 0 Å². The van der Waals surface area contributed by atoms with Crippen molar-refractivity contribution in [2.24, 2.45) is 11.7 Å². The minimum atomic E-state index is -4.28. The van der Waals surface area contributed by atoms with Gasteiger partial charge in [-0.3, -0.25) is 4.79 Å². The first-order valence-corrected chi connectivity index (χ1v) is 7.40. The summed E-state index contributed by atoms with van der Waals surface area (Å²) in [4.78, 5) is 14.0. The molecule has 6 heteroatoms. The Hall–Kier alpha value is -1.56. The first-order chi connectivity index (χ1) is 10.2. The van der Waals surface area contributed by atoms with E-state index in [0.29, 0.717) is 18.0 Å². The lowest BCUT2D eigenvalue weighted by molar-refractivity contribution is -0.148. The third-order valence-corrected chi connectivity index (χ3v) is 3.95. The summed E-state index contributed by atoms with van der Waals surface area (Å²) < 4.78 is 37.4. The van der Waals surface area contributed by atoms with Gasteiger partial charge in [-0.25, -0.2) is 0 Å². The summed E-state index contributed by atoms with van der Waals surface area (Å²) in [5.74, 6) is -0.140. The van der Waals surface area contributed by atoms with Crippen LogP contribution in [-0.2, 0) is 10.3 Å². The van der Waals surface area contributed by atoms with Gasteiger partial charge in [0.1, 0.15) is 5.54 Å². The molecule has 1 aliphatic rings. The smallest absolute Gasteiger partial charge is 0.340 e. The summed E-state index contributed by atoms with van der Waals surface area (Å²) in [7, 11) is 0. The molecule has 0 bridgehead atoms. The Labute approximate surface area is 128 Å². The van der Waals surface area contributed by atoms with Crippen molar-refractivity contribution in [3.63, 3.8) is 0 Å². The number of hydrogen-bond acceptors (Lipinski definition) is 2. The predicted molar refractivity (Wildman–Crippen MR) is 78.0 cm³/mol. The maximum atomic E-state index is 12.7. The number of rotatable bonds is 6. The van der Waals surface area contributed by atoms with Gasteiger partial charge in [0.2, 0.25) is 5.91 Å². The van der Waals surface area contributed by atoms with E-state index in [1.165, 1.54) is 4.90 Å². The summed E-state index contributed by atoms with van der Waals surface area (Å²) in [6.45, 7) is 1.57. The molecule has 122 valence electrons. The van der Waals surface area contributed by atoms with Crippen LogP contribution in [0.4, 0.5) is 13.2 Å². The van der Waals surface area contributed by atoms with Crippen LogP contribution in [0.5, 0.6) is 0 Å². The van der Waals surface area contributed by atoms with Crippen LogP contribution in [0.2, 0.25) is 0 Å². The number of benzene rings is 1. The second-order valence-electron chi connectivity index (χ2n) is 6.13. The molecule has 0 aliphatic heterocycles. The van der Waals surface area contributed by atoms with Gasteiger partial charge in [-0.1, -0.05) is 30.3 Å². The topological polar surface area (TPSA) is 46.3 Å². The zero-order chi connectivity index (χ0) is 16.4. The molecule has 1 aromatic carbocycles. The van der Waals surface area contributed by atoms with Crippen molar-refractivity contribution >= 4 is 5.91 Å². The van der Waals surface area contributed by atoms with Crippen LogP contribution in [0.25, 0.3) is 0 Å². The third kappa shape index (κ3) is 4.47. The highest BCUT2D eigenvalue weighted by Gasteiger charge is 2.38. The fraction of sp³-hybridized carbons (Fsp3) is 0.562. The average Bonchev–Trinajstić information content (AvgIpc) is 3.26. The first-order valence-electron chi connectivity index (χ1n) is 7.40. The van der Waals surface area contributed by atoms with Crippen molar-refractivity contribution in [3.05, 3.63) is 35.9 Å². The first kappa shape index (κ1) is 16.8. The SMILES string of the molecule is CC(N)(C(=O)N(CCC(F)(F)F)CC1CC1)c1ccccc1. The molecule has 1 aromatic rings. The largest absolute Gasteiger partial charge is 0.390 e. The lowest BCUT2D eigenvalue weighted by Gasteiger charge is -2.32. The number of amides is 1. The highest BCUT2D eigenvalue weighted by atomic mass is 19.4. The standard InChI is InChI=1S/C16H21F3N2O/c1-15(20,13-5-3-2-4-6-13)14(22)21(11-12-7-8-12)10-9-16(17,18)19/h2-6,12H,7-11,20H2,1H3. The molecule has 0 spiro atoms. The van der Waals surface area contributed by atoms with E-state index in [0.717, 1.165) is 12.8 Å². The van der Waals surface area contributed by atoms with Gasteiger partial charge in [-0.15, -0.1) is 0 Å². The summed E-state index contributed by atoms with van der Waals surface area (Å²) >= 11 is 0. The number of nitrogens with zero attached hydrogens (tertiary/aromatic N) is 1. The quantitative estimate of drug-likeness (QED) is 0.877. The van der Waals surface area contributed by atoms with Gasteiger partial charge in [-0.2, -0.15) is 13.2 Å². The average molecular weight is 314 g/mol. The van der Waals surface area contributed by atoms with Crippen molar-refractivity contribution in [2.75, 3.05) is 13.1 Å². The van der Waals surface area contributed by atoms with Gasteiger partial charge < -0.3 is 10.6 Å². The van der Waals surface area contributed by atoms with E-state index in [2.05, 4.69) is 0 Å². The van der Waals surface area contributed by atoms with Crippen LogP contribution in [0.15, 0.2) is 30.3 Å². The number of hydrogen-bond donors (Lipinski definition) is 1. The molecule has 0 radical (unpaired) electrons. The Bertz CT molecular complexity index is 510. The summed E-state index contributed by atoms with van der Waals surface area (Å²) in [5.41, 5.74) is 5.43. The maximum absolute atomic E-state index is 12.7. The molecule has 1 amide bonds. The molecule has 1 atom stereocenters. The zero-order valence-electron chi connectivity index (χ0n) is 12.6. The molecular weight excluding hydrogens is 293 g/mol. The summed E-state index contributed by atoms with van der Waals surface area (Å²) in [5, 5.41) is 0. The number of carbonyl (C=O) groups excluding carboxylic acids is 1. The second-order valence-corrected chi connectivity index (χ2v) is 6.13. The van der Waals surface area contributed by atoms with Gasteiger partial charge in [0.15, 0.2) is 0 Å². The monoisotopic (exact) mass is 314 g/mol. The molecule has 2 rings (SSSR count). The number of carbonyl (C=O) groups is 1. The Balaban J connectivity index is 2.12. The fourth-order valence-corrected chi connectivity index (χ4v) is 2.39. The van der Waals surface area contributed by atoms with Crippen LogP contribution < -0.4 is 5.73 Å². The van der Waals surface area contributed by atoms with Gasteiger partial charge in [-0.05, 0) is 31.2 Å². The summed E-state index contributed by atoms with van der Waals surface area (Å²) in [6.07, 6.45) is -3.36. The van der Waals surface area contributed by atoms with E-state index in [-0.39, 0.29) is 6.54 Å². The minimum absolute atomic E-state index is 0.309. The molecule has 0 saturated heterocycles. The van der Waals surface area contributed by atoms with E-state index in [1.54, 1.807) is 37.3 Å². The molecular formula is C16H21F3N2O. The fourth-order valence-electron chi connectivity index (χ4n) is 2.39. The zero-order valence-corrected chi connectivity index (χ0v) is 12.6. The Morgan fingerprint density at radius 1 is 1.27 bits per heavy atom. The van der Waals surface area contributed by atoms with Crippen molar-refractivity contribution in [1.29, 1.82) is 0 Å². The van der Waals surface area contributed by atoms with E-state index in [1.807, 2.05) is 0 Å². The molecule has 2 N–H and O–H groups in total. The van der Waals surface area contributed by atoms with Crippen LogP contribution >= 0.6 is 0 Å². The number of nitrogens with two attached hydrogens (primary N) is 1. The Morgan fingerprint density at radius 3 is 2.36 bits per heavy atom. The molecule has 22 heavy (non-hydrogen) atoms. The lowest BCUT2D eigenvalue weighted by atomic mass is 9.91. The van der Waals surface area contributed by atoms with Crippen molar-refractivity contribution in [2.45, 2.75) is 37.9 Å². The third-order valence-electron chi connectivity index (χ3n) is 3.95. The van der Waals surface area contributed by atoms with Crippen LogP contribution in [0.1, 0.15) is 31.7 Å². The minimum Gasteiger partial charge on any atom is -0.340 e. The van der Waals surface area contributed by atoms with E-state index >= 15 is 0 Å². The number of alkyl halides is 3. The molecule has 1 saturated carbocycles. The van der Waals surface area contributed by atoms with E-state index < -0.39 is 24.0 Å². The molecule has 1 aliphatic carbocycles. The Morgan fingerprint density at radius 2 is 1.86 bits per heavy atom. The second kappa shape index (κ2) is 6.28. The normalized spacial score (nSPS) is 17.9. The highest BCUT2D eigenvalue weighted by molar-refractivity contribution is 5.87. The molecule has 0 aromatic heterocycles. The van der Waals surface area contributed by atoms with Gasteiger partial charge >= 0.3 is 6.18 Å². The van der Waals surface area contributed by atoms with Gasteiger partial charge in [0.25, 0.3) is 0 Å². The lowest BCUT2D eigenvalue weighted by Crippen LogP contribution is -2.52. The Kier molecular flexibility index (Phi) is 4.80. The van der Waals surface area contributed by atoms with Gasteiger partial charge in [0, 0.05) is 13.1 Å². The van der Waals surface area contributed by atoms with E-state index in [9.17, 15) is 18.0 Å². The molecule has 1 unspecified atom stereocenters. The highest BCUT2D eigenvalue weighted by Crippen LogP contribution is 2.32. The van der Waals surface area contributed by atoms with Crippen molar-refractivity contribution < 1.29 is 18.0 Å². The van der Waals surface area contributed by atoms with E-state index in [4.69, 9.17) is 5.73 Å². The maximum Gasteiger partial charge on any atom is 0.390 e. The predicted octanol–water partition coefficient (Wildman–Crippen LogP) is 3.05. The number of halogens is 3. The van der Waals surface area contributed by atoms with Crippen LogP contribution in [0.3, 0.4) is 0 Å². The molecule has 1 fully saturated rings. The van der Waals surface area contributed by atoms with Crippen molar-refractivity contribution in [1.82, 2.24) is 4.90 Å².